The molecule has 0 bridgehead atoms. The van der Waals surface area contributed by atoms with E-state index in [0.29, 0.717) is 18.1 Å². The molecule has 3 nitrogen and oxygen atoms in total. The van der Waals surface area contributed by atoms with E-state index in [2.05, 4.69) is 5.16 Å². The summed E-state index contributed by atoms with van der Waals surface area (Å²) in [5.74, 6) is 0.631. The molecule has 0 saturated carbocycles. The van der Waals surface area contributed by atoms with E-state index in [1.54, 1.807) is 13.0 Å². The van der Waals surface area contributed by atoms with E-state index in [0.717, 1.165) is 11.3 Å². The van der Waals surface area contributed by atoms with E-state index in [1.165, 1.54) is 12.1 Å². The summed E-state index contributed by atoms with van der Waals surface area (Å²) < 4.78 is 23.6. The average Bonchev–Trinajstić information content (AvgIpc) is 2.61. The van der Waals surface area contributed by atoms with Crippen LogP contribution in [0.15, 0.2) is 22.7 Å². The second-order valence-electron chi connectivity index (χ2n) is 3.67. The van der Waals surface area contributed by atoms with E-state index in [-0.39, 0.29) is 5.02 Å². The summed E-state index contributed by atoms with van der Waals surface area (Å²) in [6, 6.07) is 4.32. The van der Waals surface area contributed by atoms with Gasteiger partial charge in [-0.05, 0) is 26.0 Å². The van der Waals surface area contributed by atoms with Crippen LogP contribution in [0.25, 0.3) is 0 Å². The van der Waals surface area contributed by atoms with Gasteiger partial charge in [-0.3, -0.25) is 0 Å². The van der Waals surface area contributed by atoms with Crippen molar-refractivity contribution in [2.24, 2.45) is 0 Å². The quantitative estimate of drug-likeness (QED) is 0.840. The van der Waals surface area contributed by atoms with Gasteiger partial charge >= 0.3 is 0 Å². The molecule has 0 radical (unpaired) electrons. The van der Waals surface area contributed by atoms with Crippen molar-refractivity contribution in [2.75, 3.05) is 0 Å². The summed E-state index contributed by atoms with van der Waals surface area (Å²) in [7, 11) is 0. The van der Waals surface area contributed by atoms with Crippen LogP contribution in [0, 0.1) is 19.7 Å². The maximum atomic E-state index is 13.2. The topological polar surface area (TPSA) is 35.3 Å². The number of hydrogen-bond donors (Lipinski definition) is 0. The number of benzene rings is 1. The van der Waals surface area contributed by atoms with Crippen molar-refractivity contribution in [3.8, 4) is 5.75 Å². The zero-order chi connectivity index (χ0) is 12.4. The number of aryl methyl sites for hydroxylation is 2. The molecule has 1 aromatic heterocycles. The van der Waals surface area contributed by atoms with E-state index in [1.807, 2.05) is 6.92 Å². The summed E-state index contributed by atoms with van der Waals surface area (Å²) in [6.45, 7) is 3.93. The van der Waals surface area contributed by atoms with Crippen molar-refractivity contribution in [3.63, 3.8) is 0 Å². The van der Waals surface area contributed by atoms with Gasteiger partial charge < -0.3 is 9.26 Å². The van der Waals surface area contributed by atoms with Crippen molar-refractivity contribution < 1.29 is 13.7 Å². The van der Waals surface area contributed by atoms with Gasteiger partial charge in [0.05, 0.1) is 16.3 Å². The Morgan fingerprint density at radius 3 is 2.76 bits per heavy atom. The summed E-state index contributed by atoms with van der Waals surface area (Å²) in [4.78, 5) is 0. The number of hydrogen-bond acceptors (Lipinski definition) is 3. The predicted octanol–water partition coefficient (Wildman–Crippen LogP) is 3.66. The SMILES string of the molecule is Cc1noc(C)c1COc1ccc(Cl)c(F)c1. The molecule has 0 saturated heterocycles. The Labute approximate surface area is 103 Å². The maximum Gasteiger partial charge on any atom is 0.145 e. The molecule has 0 spiro atoms. The predicted molar refractivity (Wildman–Crippen MR) is 61.7 cm³/mol. The van der Waals surface area contributed by atoms with Crippen LogP contribution >= 0.6 is 11.6 Å². The van der Waals surface area contributed by atoms with Crippen LogP contribution in [0.4, 0.5) is 4.39 Å². The van der Waals surface area contributed by atoms with Crippen LogP contribution in [-0.2, 0) is 6.61 Å². The minimum Gasteiger partial charge on any atom is -0.489 e. The lowest BCUT2D eigenvalue weighted by molar-refractivity contribution is 0.300. The first-order valence-corrected chi connectivity index (χ1v) is 5.45. The number of ether oxygens (including phenoxy) is 1. The first-order valence-electron chi connectivity index (χ1n) is 5.07. The Kier molecular flexibility index (Phi) is 3.33. The monoisotopic (exact) mass is 255 g/mol. The van der Waals surface area contributed by atoms with Crippen molar-refractivity contribution in [1.82, 2.24) is 5.16 Å². The average molecular weight is 256 g/mol. The molecule has 5 heteroatoms. The van der Waals surface area contributed by atoms with Gasteiger partial charge in [-0.2, -0.15) is 0 Å². The Morgan fingerprint density at radius 1 is 1.41 bits per heavy atom. The van der Waals surface area contributed by atoms with Crippen molar-refractivity contribution >= 4 is 11.6 Å². The zero-order valence-electron chi connectivity index (χ0n) is 9.46. The molecule has 0 aliphatic rings. The van der Waals surface area contributed by atoms with Gasteiger partial charge in [0.15, 0.2) is 0 Å². The highest BCUT2D eigenvalue weighted by Gasteiger charge is 2.10. The fourth-order valence-electron chi connectivity index (χ4n) is 1.43. The summed E-state index contributed by atoms with van der Waals surface area (Å²) in [5.41, 5.74) is 1.65. The molecule has 0 aliphatic heterocycles. The van der Waals surface area contributed by atoms with Gasteiger partial charge in [-0.15, -0.1) is 0 Å². The fourth-order valence-corrected chi connectivity index (χ4v) is 1.55. The number of rotatable bonds is 3. The third-order valence-electron chi connectivity index (χ3n) is 2.46. The van der Waals surface area contributed by atoms with Crippen LogP contribution in [0.3, 0.4) is 0 Å². The molecule has 0 atom stereocenters. The van der Waals surface area contributed by atoms with Crippen molar-refractivity contribution in [3.05, 3.63) is 46.1 Å². The molecule has 2 rings (SSSR count). The summed E-state index contributed by atoms with van der Waals surface area (Å²) in [6.07, 6.45) is 0. The molecule has 90 valence electrons. The number of halogens is 2. The summed E-state index contributed by atoms with van der Waals surface area (Å²) in [5, 5.41) is 3.89. The highest BCUT2D eigenvalue weighted by Crippen LogP contribution is 2.22. The molecule has 0 aliphatic carbocycles. The van der Waals surface area contributed by atoms with Gasteiger partial charge in [0, 0.05) is 6.07 Å². The molecular formula is C12H11ClFNO2. The highest BCUT2D eigenvalue weighted by atomic mass is 35.5. The van der Waals surface area contributed by atoms with Gasteiger partial charge in [0.25, 0.3) is 0 Å². The first kappa shape index (κ1) is 11.9. The normalized spacial score (nSPS) is 10.6. The van der Waals surface area contributed by atoms with Crippen LogP contribution in [-0.4, -0.2) is 5.16 Å². The maximum absolute atomic E-state index is 13.2. The molecule has 1 heterocycles. The van der Waals surface area contributed by atoms with Gasteiger partial charge in [0.2, 0.25) is 0 Å². The minimum atomic E-state index is -0.497. The lowest BCUT2D eigenvalue weighted by Gasteiger charge is -2.06. The fraction of sp³-hybridized carbons (Fsp3) is 0.250. The second-order valence-corrected chi connectivity index (χ2v) is 4.07. The molecule has 0 N–H and O–H groups in total. The van der Waals surface area contributed by atoms with Gasteiger partial charge in [0.1, 0.15) is 23.9 Å². The van der Waals surface area contributed by atoms with Crippen molar-refractivity contribution in [2.45, 2.75) is 20.5 Å². The molecule has 0 amide bonds. The standard InChI is InChI=1S/C12H11ClFNO2/c1-7-10(8(2)17-15-7)6-16-9-3-4-11(13)12(14)5-9/h3-5H,6H2,1-2H3. The van der Waals surface area contributed by atoms with E-state index in [4.69, 9.17) is 20.9 Å². The largest absolute Gasteiger partial charge is 0.489 e. The lowest BCUT2D eigenvalue weighted by atomic mass is 10.2. The Bertz CT molecular complexity index is 520. The molecular weight excluding hydrogens is 245 g/mol. The van der Waals surface area contributed by atoms with Crippen LogP contribution < -0.4 is 4.74 Å². The Balaban J connectivity index is 2.10. The third kappa shape index (κ3) is 2.58. The highest BCUT2D eigenvalue weighted by molar-refractivity contribution is 6.30. The van der Waals surface area contributed by atoms with E-state index >= 15 is 0 Å². The van der Waals surface area contributed by atoms with Crippen molar-refractivity contribution in [1.29, 1.82) is 0 Å². The molecule has 1 aromatic carbocycles. The van der Waals surface area contributed by atoms with E-state index < -0.39 is 5.82 Å². The van der Waals surface area contributed by atoms with Crippen LogP contribution in [0.1, 0.15) is 17.0 Å². The molecule has 17 heavy (non-hydrogen) atoms. The minimum absolute atomic E-state index is 0.0784. The third-order valence-corrected chi connectivity index (χ3v) is 2.76. The van der Waals surface area contributed by atoms with Crippen LogP contribution in [0.5, 0.6) is 5.75 Å². The lowest BCUT2D eigenvalue weighted by Crippen LogP contribution is -1.98. The number of aromatic nitrogens is 1. The Hall–Kier alpha value is -1.55. The number of nitrogens with zero attached hydrogens (tertiary/aromatic N) is 1. The van der Waals surface area contributed by atoms with Gasteiger partial charge in [-0.1, -0.05) is 16.8 Å². The molecule has 2 aromatic rings. The summed E-state index contributed by atoms with van der Waals surface area (Å²) >= 11 is 5.58. The second kappa shape index (κ2) is 4.75. The van der Waals surface area contributed by atoms with Crippen LogP contribution in [0.2, 0.25) is 5.02 Å². The molecule has 0 fully saturated rings. The molecule has 0 unspecified atom stereocenters. The Morgan fingerprint density at radius 2 is 2.18 bits per heavy atom. The van der Waals surface area contributed by atoms with E-state index in [9.17, 15) is 4.39 Å². The smallest absolute Gasteiger partial charge is 0.145 e. The zero-order valence-corrected chi connectivity index (χ0v) is 10.2. The van der Waals surface area contributed by atoms with Gasteiger partial charge in [-0.25, -0.2) is 4.39 Å². The first-order chi connectivity index (χ1) is 8.08.